The Labute approximate surface area is 100 Å². The highest BCUT2D eigenvalue weighted by molar-refractivity contribution is 5.74. The zero-order valence-electron chi connectivity index (χ0n) is 9.93. The van der Waals surface area contributed by atoms with Gasteiger partial charge in [-0.1, -0.05) is 0 Å². The molecule has 0 aromatic carbocycles. The highest BCUT2D eigenvalue weighted by atomic mass is 16.5. The topological polar surface area (TPSA) is 56.1 Å². The van der Waals surface area contributed by atoms with E-state index in [9.17, 15) is 4.79 Å². The third kappa shape index (κ3) is 1.84. The number of aromatic nitrogens is 2. The number of imidazole rings is 1. The number of hydrogen-bond donors (Lipinski definition) is 1. The molecule has 1 aromatic heterocycles. The van der Waals surface area contributed by atoms with Crippen molar-refractivity contribution in [1.82, 2.24) is 14.9 Å². The summed E-state index contributed by atoms with van der Waals surface area (Å²) in [5.41, 5.74) is 1.17. The van der Waals surface area contributed by atoms with Crippen molar-refractivity contribution in [3.8, 4) is 0 Å². The number of esters is 1. The van der Waals surface area contributed by atoms with Gasteiger partial charge in [-0.05, 0) is 12.8 Å². The Bertz CT molecular complexity index is 425. The second-order valence-corrected chi connectivity index (χ2v) is 4.85. The Kier molecular flexibility index (Phi) is 2.63. The van der Waals surface area contributed by atoms with E-state index >= 15 is 0 Å². The van der Waals surface area contributed by atoms with Crippen LogP contribution in [0.15, 0.2) is 12.5 Å². The molecule has 1 saturated carbocycles. The largest absolute Gasteiger partial charge is 0.469 e. The summed E-state index contributed by atoms with van der Waals surface area (Å²) in [5, 5.41) is 3.27. The van der Waals surface area contributed by atoms with Gasteiger partial charge in [0.05, 0.1) is 19.4 Å². The second-order valence-electron chi connectivity index (χ2n) is 4.85. The van der Waals surface area contributed by atoms with Crippen LogP contribution in [0.3, 0.4) is 0 Å². The van der Waals surface area contributed by atoms with Crippen molar-refractivity contribution >= 4 is 5.97 Å². The normalized spacial score (nSPS) is 28.3. The van der Waals surface area contributed by atoms with Gasteiger partial charge in [0, 0.05) is 36.9 Å². The number of nitrogens with zero attached hydrogens (tertiary/aromatic N) is 2. The SMILES string of the molecule is COC(=O)C1CNCC1c1cncn1C1CC1. The molecular weight excluding hydrogens is 218 g/mol. The van der Waals surface area contributed by atoms with Gasteiger partial charge in [0.15, 0.2) is 0 Å². The standard InChI is InChI=1S/C12H17N3O2/c1-17-12(16)10-5-13-4-9(10)11-6-14-7-15(11)8-2-3-8/h6-10,13H,2-5H2,1H3. The number of methoxy groups -OCH3 is 1. The van der Waals surface area contributed by atoms with E-state index in [0.717, 1.165) is 6.54 Å². The molecule has 0 amide bonds. The van der Waals surface area contributed by atoms with Crippen molar-refractivity contribution in [2.75, 3.05) is 20.2 Å². The molecule has 2 heterocycles. The van der Waals surface area contributed by atoms with Crippen LogP contribution in [-0.4, -0.2) is 35.7 Å². The molecule has 2 fully saturated rings. The number of rotatable bonds is 3. The summed E-state index contributed by atoms with van der Waals surface area (Å²) in [7, 11) is 1.45. The summed E-state index contributed by atoms with van der Waals surface area (Å²) < 4.78 is 7.10. The average Bonchev–Trinajstić information content (AvgIpc) is 2.91. The Hall–Kier alpha value is -1.36. The van der Waals surface area contributed by atoms with E-state index in [1.807, 2.05) is 12.5 Å². The van der Waals surface area contributed by atoms with Gasteiger partial charge in [0.2, 0.25) is 0 Å². The predicted molar refractivity (Wildman–Crippen MR) is 61.6 cm³/mol. The van der Waals surface area contributed by atoms with Crippen LogP contribution >= 0.6 is 0 Å². The fourth-order valence-electron chi connectivity index (χ4n) is 2.65. The van der Waals surface area contributed by atoms with Crippen LogP contribution in [-0.2, 0) is 9.53 Å². The van der Waals surface area contributed by atoms with E-state index in [1.54, 1.807) is 0 Å². The van der Waals surface area contributed by atoms with Gasteiger partial charge < -0.3 is 14.6 Å². The molecule has 1 aliphatic heterocycles. The molecule has 1 saturated heterocycles. The van der Waals surface area contributed by atoms with Crippen LogP contribution in [0.2, 0.25) is 0 Å². The molecular formula is C12H17N3O2. The Morgan fingerprint density at radius 1 is 1.53 bits per heavy atom. The highest BCUT2D eigenvalue weighted by Gasteiger charge is 2.38. The molecule has 0 spiro atoms. The summed E-state index contributed by atoms with van der Waals surface area (Å²) >= 11 is 0. The van der Waals surface area contributed by atoms with Crippen molar-refractivity contribution in [2.24, 2.45) is 5.92 Å². The van der Waals surface area contributed by atoms with E-state index < -0.39 is 0 Å². The van der Waals surface area contributed by atoms with Crippen molar-refractivity contribution in [1.29, 1.82) is 0 Å². The third-order valence-corrected chi connectivity index (χ3v) is 3.73. The maximum absolute atomic E-state index is 11.7. The number of nitrogens with one attached hydrogen (secondary N) is 1. The fourth-order valence-corrected chi connectivity index (χ4v) is 2.65. The molecule has 5 nitrogen and oxygen atoms in total. The van der Waals surface area contributed by atoms with Crippen LogP contribution in [0.4, 0.5) is 0 Å². The van der Waals surface area contributed by atoms with E-state index in [2.05, 4.69) is 14.9 Å². The van der Waals surface area contributed by atoms with Gasteiger partial charge in [-0.2, -0.15) is 0 Å². The molecule has 0 bridgehead atoms. The lowest BCUT2D eigenvalue weighted by Gasteiger charge is -2.18. The Morgan fingerprint density at radius 3 is 3.06 bits per heavy atom. The van der Waals surface area contributed by atoms with Crippen molar-refractivity contribution in [2.45, 2.75) is 24.8 Å². The van der Waals surface area contributed by atoms with E-state index in [-0.39, 0.29) is 17.8 Å². The number of ether oxygens (including phenoxy) is 1. The van der Waals surface area contributed by atoms with Gasteiger partial charge >= 0.3 is 5.97 Å². The molecule has 1 aliphatic carbocycles. The molecule has 1 N–H and O–H groups in total. The number of carbonyl (C=O) groups excluding carboxylic acids is 1. The molecule has 2 aliphatic rings. The first kappa shape index (κ1) is 10.8. The van der Waals surface area contributed by atoms with Crippen LogP contribution in [0.1, 0.15) is 30.5 Å². The first-order valence-electron chi connectivity index (χ1n) is 6.11. The summed E-state index contributed by atoms with van der Waals surface area (Å²) in [6, 6.07) is 0.603. The summed E-state index contributed by atoms with van der Waals surface area (Å²) in [5.74, 6) is 0.00305. The minimum Gasteiger partial charge on any atom is -0.469 e. The lowest BCUT2D eigenvalue weighted by atomic mass is 9.93. The van der Waals surface area contributed by atoms with Gasteiger partial charge in [0.25, 0.3) is 0 Å². The zero-order valence-corrected chi connectivity index (χ0v) is 9.93. The first-order chi connectivity index (χ1) is 8.31. The smallest absolute Gasteiger partial charge is 0.310 e. The molecule has 92 valence electrons. The molecule has 17 heavy (non-hydrogen) atoms. The highest BCUT2D eigenvalue weighted by Crippen LogP contribution is 2.39. The van der Waals surface area contributed by atoms with E-state index in [0.29, 0.717) is 12.6 Å². The molecule has 0 radical (unpaired) electrons. The van der Waals surface area contributed by atoms with Crippen LogP contribution < -0.4 is 5.32 Å². The first-order valence-corrected chi connectivity index (χ1v) is 6.11. The number of hydrogen-bond acceptors (Lipinski definition) is 4. The maximum atomic E-state index is 11.7. The molecule has 3 rings (SSSR count). The maximum Gasteiger partial charge on any atom is 0.310 e. The van der Waals surface area contributed by atoms with Gasteiger partial charge in [-0.15, -0.1) is 0 Å². The van der Waals surface area contributed by atoms with Gasteiger partial charge in [-0.3, -0.25) is 4.79 Å². The van der Waals surface area contributed by atoms with Crippen LogP contribution in [0.25, 0.3) is 0 Å². The summed E-state index contributed by atoms with van der Waals surface area (Å²) in [4.78, 5) is 16.0. The van der Waals surface area contributed by atoms with Gasteiger partial charge in [0.1, 0.15) is 0 Å². The molecule has 2 atom stereocenters. The quantitative estimate of drug-likeness (QED) is 0.783. The zero-order chi connectivity index (χ0) is 11.8. The average molecular weight is 235 g/mol. The Balaban J connectivity index is 1.86. The Morgan fingerprint density at radius 2 is 2.35 bits per heavy atom. The monoisotopic (exact) mass is 235 g/mol. The third-order valence-electron chi connectivity index (χ3n) is 3.73. The summed E-state index contributed by atoms with van der Waals surface area (Å²) in [6.45, 7) is 1.53. The van der Waals surface area contributed by atoms with Crippen LogP contribution in [0.5, 0.6) is 0 Å². The number of carbonyl (C=O) groups is 1. The molecule has 2 unspecified atom stereocenters. The predicted octanol–water partition coefficient (Wildman–Crippen LogP) is 0.694. The lowest BCUT2D eigenvalue weighted by Crippen LogP contribution is -2.24. The van der Waals surface area contributed by atoms with E-state index in [4.69, 9.17) is 4.74 Å². The van der Waals surface area contributed by atoms with Gasteiger partial charge in [-0.25, -0.2) is 4.98 Å². The lowest BCUT2D eigenvalue weighted by molar-refractivity contribution is -0.145. The van der Waals surface area contributed by atoms with Crippen molar-refractivity contribution in [3.05, 3.63) is 18.2 Å². The fraction of sp³-hybridized carbons (Fsp3) is 0.667. The molecule has 1 aromatic rings. The van der Waals surface area contributed by atoms with Crippen molar-refractivity contribution < 1.29 is 9.53 Å². The van der Waals surface area contributed by atoms with E-state index in [1.165, 1.54) is 25.6 Å². The minimum atomic E-state index is -0.122. The second kappa shape index (κ2) is 4.14. The van der Waals surface area contributed by atoms with Crippen molar-refractivity contribution in [3.63, 3.8) is 0 Å². The van der Waals surface area contributed by atoms with Crippen LogP contribution in [0, 0.1) is 5.92 Å². The minimum absolute atomic E-state index is 0.0748. The molecule has 5 heteroatoms. The summed E-state index contributed by atoms with van der Waals surface area (Å²) in [6.07, 6.45) is 6.24.